The number of para-hydroxylation sites is 1. The van der Waals surface area contributed by atoms with E-state index in [-0.39, 0.29) is 17.0 Å². The van der Waals surface area contributed by atoms with Crippen LogP contribution in [0.5, 0.6) is 0 Å². The van der Waals surface area contributed by atoms with Crippen LogP contribution in [0.25, 0.3) is 0 Å². The van der Waals surface area contributed by atoms with Crippen LogP contribution in [0.1, 0.15) is 17.8 Å². The first kappa shape index (κ1) is 22.0. The quantitative estimate of drug-likeness (QED) is 0.578. The molecular weight excluding hydrogens is 433 g/mol. The zero-order valence-corrected chi connectivity index (χ0v) is 18.9. The van der Waals surface area contributed by atoms with Gasteiger partial charge in [-0.05, 0) is 54.8 Å². The van der Waals surface area contributed by atoms with E-state index in [0.717, 1.165) is 31.1 Å². The second kappa shape index (κ2) is 9.48. The lowest BCUT2D eigenvalue weighted by Gasteiger charge is -2.42. The number of anilines is 1. The minimum Gasteiger partial charge on any atom is -0.369 e. The maximum Gasteiger partial charge on any atom is 0.240 e. The van der Waals surface area contributed by atoms with E-state index in [9.17, 15) is 12.8 Å². The van der Waals surface area contributed by atoms with Gasteiger partial charge in [-0.15, -0.1) is 11.3 Å². The van der Waals surface area contributed by atoms with E-state index < -0.39 is 15.8 Å². The highest BCUT2D eigenvalue weighted by atomic mass is 32.2. The van der Waals surface area contributed by atoms with Crippen LogP contribution in [-0.2, 0) is 10.0 Å². The monoisotopic (exact) mass is 459 g/mol. The summed E-state index contributed by atoms with van der Waals surface area (Å²) in [6.45, 7) is 5.32. The minimum atomic E-state index is -3.75. The molecule has 1 saturated heterocycles. The third kappa shape index (κ3) is 5.15. The van der Waals surface area contributed by atoms with Crippen LogP contribution >= 0.6 is 11.3 Å². The lowest BCUT2D eigenvalue weighted by atomic mass is 10.1. The lowest BCUT2D eigenvalue weighted by molar-refractivity contribution is 0.164. The molecule has 2 heterocycles. The molecule has 0 saturated carbocycles. The van der Waals surface area contributed by atoms with Crippen molar-refractivity contribution in [3.8, 4) is 0 Å². The van der Waals surface area contributed by atoms with E-state index in [1.54, 1.807) is 11.3 Å². The van der Waals surface area contributed by atoms with E-state index in [1.807, 2.05) is 36.6 Å². The second-order valence-electron chi connectivity index (χ2n) is 7.68. The van der Waals surface area contributed by atoms with Crippen LogP contribution in [0, 0.1) is 5.82 Å². The minimum absolute atomic E-state index is 0.0691. The molecule has 31 heavy (non-hydrogen) atoms. The Balaban J connectivity index is 1.50. The maximum atomic E-state index is 13.2. The summed E-state index contributed by atoms with van der Waals surface area (Å²) in [6, 6.07) is 18.9. The Bertz CT molecular complexity index is 1070. The summed E-state index contributed by atoms with van der Waals surface area (Å²) in [4.78, 5) is 5.90. The molecule has 3 aromatic rings. The van der Waals surface area contributed by atoms with Crippen molar-refractivity contribution in [2.45, 2.75) is 23.9 Å². The first-order valence-corrected chi connectivity index (χ1v) is 12.7. The fourth-order valence-electron chi connectivity index (χ4n) is 4.09. The average molecular weight is 460 g/mol. The lowest BCUT2D eigenvalue weighted by Crippen LogP contribution is -2.52. The fraction of sp³-hybridized carbons (Fsp3) is 0.304. The smallest absolute Gasteiger partial charge is 0.240 e. The van der Waals surface area contributed by atoms with Crippen molar-refractivity contribution < 1.29 is 12.8 Å². The van der Waals surface area contributed by atoms with Crippen LogP contribution < -0.4 is 9.62 Å². The molecule has 5 nitrogen and oxygen atoms in total. The number of sulfonamides is 1. The van der Waals surface area contributed by atoms with E-state index in [4.69, 9.17) is 0 Å². The molecule has 4 rings (SSSR count). The van der Waals surface area contributed by atoms with Crippen molar-refractivity contribution in [3.63, 3.8) is 0 Å². The van der Waals surface area contributed by atoms with Gasteiger partial charge in [0, 0.05) is 42.8 Å². The molecular formula is C23H26FN3O2S2. The largest absolute Gasteiger partial charge is 0.369 e. The predicted molar refractivity (Wildman–Crippen MR) is 123 cm³/mol. The Hall–Kier alpha value is -2.26. The van der Waals surface area contributed by atoms with Crippen molar-refractivity contribution in [2.75, 3.05) is 31.1 Å². The number of rotatable bonds is 7. The van der Waals surface area contributed by atoms with E-state index >= 15 is 0 Å². The third-order valence-corrected chi connectivity index (χ3v) is 8.12. The molecule has 0 bridgehead atoms. The molecule has 1 aliphatic rings. The Kier molecular flexibility index (Phi) is 6.71. The van der Waals surface area contributed by atoms with Crippen LogP contribution in [0.3, 0.4) is 0 Å². The molecule has 1 aromatic heterocycles. The highest BCUT2D eigenvalue weighted by Gasteiger charge is 2.32. The molecule has 2 atom stereocenters. The molecule has 0 unspecified atom stereocenters. The van der Waals surface area contributed by atoms with Crippen LogP contribution in [-0.4, -0.2) is 45.5 Å². The summed E-state index contributed by atoms with van der Waals surface area (Å²) >= 11 is 1.63. The van der Waals surface area contributed by atoms with Gasteiger partial charge in [-0.1, -0.05) is 24.3 Å². The molecule has 1 N–H and O–H groups in total. The van der Waals surface area contributed by atoms with Crippen molar-refractivity contribution in [2.24, 2.45) is 0 Å². The van der Waals surface area contributed by atoms with Crippen molar-refractivity contribution in [1.29, 1.82) is 0 Å². The molecule has 1 aliphatic heterocycles. The van der Waals surface area contributed by atoms with Crippen LogP contribution in [0.15, 0.2) is 77.0 Å². The Morgan fingerprint density at radius 3 is 2.23 bits per heavy atom. The summed E-state index contributed by atoms with van der Waals surface area (Å²) in [6.07, 6.45) is 0. The maximum absolute atomic E-state index is 13.2. The molecule has 0 radical (unpaired) electrons. The van der Waals surface area contributed by atoms with Gasteiger partial charge in [0.05, 0.1) is 10.9 Å². The van der Waals surface area contributed by atoms with Gasteiger partial charge >= 0.3 is 0 Å². The summed E-state index contributed by atoms with van der Waals surface area (Å²) in [5.74, 6) is -0.459. The Labute approximate surface area is 187 Å². The van der Waals surface area contributed by atoms with Crippen molar-refractivity contribution in [3.05, 3.63) is 82.8 Å². The number of nitrogens with one attached hydrogen (secondary N) is 1. The fourth-order valence-corrected chi connectivity index (χ4v) is 6.30. The standard InChI is InChI=1S/C23H26FN3O2S2/c1-18(25-31(28,29)21-11-9-19(24)10-12-21)23(22-8-5-17-30-22)27-15-13-26(14-16-27)20-6-3-2-4-7-20/h2-12,17-18,23,25H,13-16H2,1H3/t18-,23+/m1/s1. The molecule has 8 heteroatoms. The van der Waals surface area contributed by atoms with Crippen molar-refractivity contribution >= 4 is 27.0 Å². The van der Waals surface area contributed by atoms with E-state index in [1.165, 1.54) is 30.0 Å². The van der Waals surface area contributed by atoms with Gasteiger partial charge in [0.1, 0.15) is 5.82 Å². The first-order valence-electron chi connectivity index (χ1n) is 10.3. The number of thiophene rings is 1. The van der Waals surface area contributed by atoms with Crippen LogP contribution in [0.4, 0.5) is 10.1 Å². The molecule has 164 valence electrons. The average Bonchev–Trinajstić information content (AvgIpc) is 3.29. The summed E-state index contributed by atoms with van der Waals surface area (Å²) in [7, 11) is -3.75. The molecule has 0 spiro atoms. The van der Waals surface area contributed by atoms with Gasteiger partial charge in [-0.3, -0.25) is 4.90 Å². The first-order chi connectivity index (χ1) is 14.9. The van der Waals surface area contributed by atoms with Gasteiger partial charge in [-0.2, -0.15) is 0 Å². The molecule has 0 amide bonds. The highest BCUT2D eigenvalue weighted by molar-refractivity contribution is 7.89. The molecule has 2 aromatic carbocycles. The summed E-state index contributed by atoms with van der Waals surface area (Å²) in [5.41, 5.74) is 1.21. The number of hydrogen-bond donors (Lipinski definition) is 1. The highest BCUT2D eigenvalue weighted by Crippen LogP contribution is 2.31. The normalized spacial score (nSPS) is 17.4. The van der Waals surface area contributed by atoms with E-state index in [2.05, 4.69) is 32.7 Å². The van der Waals surface area contributed by atoms with Crippen LogP contribution in [0.2, 0.25) is 0 Å². The predicted octanol–water partition coefficient (Wildman–Crippen LogP) is 4.12. The van der Waals surface area contributed by atoms with Gasteiger partial charge in [0.25, 0.3) is 0 Å². The van der Waals surface area contributed by atoms with Gasteiger partial charge in [0.15, 0.2) is 0 Å². The number of halogens is 1. The topological polar surface area (TPSA) is 52.7 Å². The number of benzene rings is 2. The van der Waals surface area contributed by atoms with Gasteiger partial charge in [0.2, 0.25) is 10.0 Å². The number of hydrogen-bond acceptors (Lipinski definition) is 5. The second-order valence-corrected chi connectivity index (χ2v) is 10.4. The van der Waals surface area contributed by atoms with Crippen molar-refractivity contribution in [1.82, 2.24) is 9.62 Å². The van der Waals surface area contributed by atoms with Gasteiger partial charge < -0.3 is 4.90 Å². The van der Waals surface area contributed by atoms with Gasteiger partial charge in [-0.25, -0.2) is 17.5 Å². The molecule has 1 fully saturated rings. The Morgan fingerprint density at radius 2 is 1.61 bits per heavy atom. The zero-order chi connectivity index (χ0) is 21.8. The van der Waals surface area contributed by atoms with E-state index in [0.29, 0.717) is 0 Å². The SMILES string of the molecule is C[C@@H](NS(=O)(=O)c1ccc(F)cc1)[C@@H](c1cccs1)N1CCN(c2ccccc2)CC1. The summed E-state index contributed by atoms with van der Waals surface area (Å²) in [5, 5.41) is 2.02. The number of nitrogens with zero attached hydrogens (tertiary/aromatic N) is 2. The summed E-state index contributed by atoms with van der Waals surface area (Å²) < 4.78 is 41.8. The molecule has 0 aliphatic carbocycles. The third-order valence-electron chi connectivity index (χ3n) is 5.60. The Morgan fingerprint density at radius 1 is 0.935 bits per heavy atom. The number of piperazine rings is 1. The zero-order valence-electron chi connectivity index (χ0n) is 17.3.